The number of hydrogen-bond acceptors (Lipinski definition) is 8. The first-order valence-corrected chi connectivity index (χ1v) is 16.3. The summed E-state index contributed by atoms with van der Waals surface area (Å²) in [5.74, 6) is 1.94. The van der Waals surface area contributed by atoms with Crippen LogP contribution in [0.2, 0.25) is 0 Å². The molecular formula is C22H30N4O6S4. The van der Waals surface area contributed by atoms with Crippen molar-refractivity contribution in [3.8, 4) is 0 Å². The molecule has 14 heteroatoms. The zero-order chi connectivity index (χ0) is 26.6. The number of nitrogens with two attached hydrogens (primary N) is 2. The SMILES string of the molecule is NS(=O)(=O)c1ccc(CCNC(=O)CSCCSCC(=O)NCCc2ccc(S(N)(=O)=O)cc2)cc1. The van der Waals surface area contributed by atoms with Gasteiger partial charge in [-0.3, -0.25) is 9.59 Å². The van der Waals surface area contributed by atoms with Crippen LogP contribution >= 0.6 is 23.5 Å². The summed E-state index contributed by atoms with van der Waals surface area (Å²) in [6, 6.07) is 12.4. The Labute approximate surface area is 220 Å². The van der Waals surface area contributed by atoms with Gasteiger partial charge >= 0.3 is 0 Å². The van der Waals surface area contributed by atoms with Gasteiger partial charge in [-0.15, -0.1) is 0 Å². The minimum atomic E-state index is -3.71. The molecule has 2 aromatic carbocycles. The van der Waals surface area contributed by atoms with Crippen molar-refractivity contribution in [1.29, 1.82) is 0 Å². The second-order valence-corrected chi connectivity index (χ2v) is 13.0. The molecule has 0 aliphatic heterocycles. The van der Waals surface area contributed by atoms with Gasteiger partial charge < -0.3 is 10.6 Å². The van der Waals surface area contributed by atoms with Crippen molar-refractivity contribution in [3.63, 3.8) is 0 Å². The number of carbonyl (C=O) groups is 2. The summed E-state index contributed by atoms with van der Waals surface area (Å²) in [5.41, 5.74) is 1.79. The molecule has 0 aliphatic rings. The maximum absolute atomic E-state index is 11.9. The summed E-state index contributed by atoms with van der Waals surface area (Å²) in [7, 11) is -7.42. The lowest BCUT2D eigenvalue weighted by Crippen LogP contribution is -2.28. The Kier molecular flexibility index (Phi) is 12.2. The highest BCUT2D eigenvalue weighted by Crippen LogP contribution is 2.10. The average Bonchev–Trinajstić information content (AvgIpc) is 2.81. The van der Waals surface area contributed by atoms with Gasteiger partial charge in [0.2, 0.25) is 31.9 Å². The van der Waals surface area contributed by atoms with Gasteiger partial charge in [-0.05, 0) is 48.2 Å². The summed E-state index contributed by atoms with van der Waals surface area (Å²) in [4.78, 5) is 24.0. The molecule has 36 heavy (non-hydrogen) atoms. The fourth-order valence-corrected chi connectivity index (χ4v) is 5.77. The van der Waals surface area contributed by atoms with E-state index in [1.54, 1.807) is 24.3 Å². The lowest BCUT2D eigenvalue weighted by Gasteiger charge is -2.07. The standard InChI is InChI=1S/C22H30N4O6S4/c23-35(29,30)19-5-1-17(2-6-19)9-11-25-21(27)15-33-13-14-34-16-22(28)26-12-10-18-3-7-20(8-4-18)36(24,31)32/h1-8H,9-16H2,(H,25,27)(H,26,28)(H2,23,29,30)(H2,24,31,32). The zero-order valence-corrected chi connectivity index (χ0v) is 22.8. The molecule has 198 valence electrons. The first kappa shape index (κ1) is 30.1. The molecule has 0 saturated heterocycles. The molecule has 0 radical (unpaired) electrons. The van der Waals surface area contributed by atoms with Crippen LogP contribution in [0.1, 0.15) is 11.1 Å². The summed E-state index contributed by atoms with van der Waals surface area (Å²) in [5, 5.41) is 15.8. The molecule has 6 N–H and O–H groups in total. The molecule has 10 nitrogen and oxygen atoms in total. The zero-order valence-electron chi connectivity index (χ0n) is 19.5. The maximum atomic E-state index is 11.9. The molecular weight excluding hydrogens is 545 g/mol. The monoisotopic (exact) mass is 574 g/mol. The molecule has 0 bridgehead atoms. The van der Waals surface area contributed by atoms with Gasteiger partial charge in [-0.1, -0.05) is 24.3 Å². The second-order valence-electron chi connectivity index (χ2n) is 7.68. The molecule has 0 fully saturated rings. The van der Waals surface area contributed by atoms with Crippen molar-refractivity contribution in [2.75, 3.05) is 36.1 Å². The minimum Gasteiger partial charge on any atom is -0.355 e. The van der Waals surface area contributed by atoms with Gasteiger partial charge in [0.25, 0.3) is 0 Å². The van der Waals surface area contributed by atoms with E-state index in [2.05, 4.69) is 10.6 Å². The van der Waals surface area contributed by atoms with Crippen LogP contribution in [0.3, 0.4) is 0 Å². The van der Waals surface area contributed by atoms with Crippen LogP contribution in [0.15, 0.2) is 58.3 Å². The number of sulfonamides is 2. The summed E-state index contributed by atoms with van der Waals surface area (Å²) in [6.45, 7) is 0.887. The van der Waals surface area contributed by atoms with Gasteiger partial charge in [-0.2, -0.15) is 23.5 Å². The molecule has 0 unspecified atom stereocenters. The van der Waals surface area contributed by atoms with E-state index in [-0.39, 0.29) is 21.6 Å². The van der Waals surface area contributed by atoms with Crippen molar-refractivity contribution in [2.45, 2.75) is 22.6 Å². The Morgan fingerprint density at radius 2 is 0.972 bits per heavy atom. The lowest BCUT2D eigenvalue weighted by molar-refractivity contribution is -0.119. The van der Waals surface area contributed by atoms with Gasteiger partial charge in [0.05, 0.1) is 21.3 Å². The van der Waals surface area contributed by atoms with Crippen LogP contribution in [0, 0.1) is 0 Å². The molecule has 2 amide bonds. The Hall–Kier alpha value is -2.10. The number of amides is 2. The first-order valence-electron chi connectivity index (χ1n) is 10.9. The molecule has 0 aromatic heterocycles. The van der Waals surface area contributed by atoms with E-state index in [4.69, 9.17) is 10.3 Å². The Bertz CT molecular complexity index is 1120. The number of carbonyl (C=O) groups excluding carboxylic acids is 2. The van der Waals surface area contributed by atoms with Gasteiger partial charge in [0, 0.05) is 24.6 Å². The predicted octanol–water partition coefficient (Wildman–Crippen LogP) is 0.465. The Balaban J connectivity index is 1.49. The largest absolute Gasteiger partial charge is 0.355 e. The van der Waals surface area contributed by atoms with Gasteiger partial charge in [0.15, 0.2) is 0 Å². The van der Waals surface area contributed by atoms with Crippen molar-refractivity contribution >= 4 is 55.4 Å². The summed E-state index contributed by atoms with van der Waals surface area (Å²) in [6.07, 6.45) is 1.15. The van der Waals surface area contributed by atoms with E-state index in [0.717, 1.165) is 22.6 Å². The Morgan fingerprint density at radius 3 is 1.28 bits per heavy atom. The first-order chi connectivity index (χ1) is 16.9. The van der Waals surface area contributed by atoms with Crippen LogP contribution in [0.5, 0.6) is 0 Å². The highest BCUT2D eigenvalue weighted by atomic mass is 32.2. The number of benzene rings is 2. The summed E-state index contributed by atoms with van der Waals surface area (Å²) >= 11 is 2.97. The number of thioether (sulfide) groups is 2. The van der Waals surface area contributed by atoms with Crippen molar-refractivity contribution < 1.29 is 26.4 Å². The number of nitrogens with one attached hydrogen (secondary N) is 2. The lowest BCUT2D eigenvalue weighted by atomic mass is 10.1. The number of rotatable bonds is 15. The number of primary sulfonamides is 2. The van der Waals surface area contributed by atoms with Crippen molar-refractivity contribution in [3.05, 3.63) is 59.7 Å². The van der Waals surface area contributed by atoms with Gasteiger partial charge in [-0.25, -0.2) is 27.1 Å². The third-order valence-electron chi connectivity index (χ3n) is 4.81. The van der Waals surface area contributed by atoms with Crippen LogP contribution in [0.25, 0.3) is 0 Å². The highest BCUT2D eigenvalue weighted by Gasteiger charge is 2.08. The molecule has 0 atom stereocenters. The highest BCUT2D eigenvalue weighted by molar-refractivity contribution is 8.03. The normalized spacial score (nSPS) is 11.7. The molecule has 0 saturated carbocycles. The molecule has 0 spiro atoms. The third kappa shape index (κ3) is 11.8. The summed E-state index contributed by atoms with van der Waals surface area (Å²) < 4.78 is 45.0. The van der Waals surface area contributed by atoms with E-state index in [0.29, 0.717) is 37.4 Å². The number of hydrogen-bond donors (Lipinski definition) is 4. The topological polar surface area (TPSA) is 179 Å². The van der Waals surface area contributed by atoms with E-state index in [9.17, 15) is 26.4 Å². The van der Waals surface area contributed by atoms with Gasteiger partial charge in [0.1, 0.15) is 0 Å². The van der Waals surface area contributed by atoms with E-state index < -0.39 is 20.0 Å². The average molecular weight is 575 g/mol. The van der Waals surface area contributed by atoms with E-state index >= 15 is 0 Å². The third-order valence-corrected chi connectivity index (χ3v) is 8.85. The minimum absolute atomic E-state index is 0.0529. The van der Waals surface area contributed by atoms with Crippen molar-refractivity contribution in [1.82, 2.24) is 10.6 Å². The van der Waals surface area contributed by atoms with E-state index in [1.165, 1.54) is 47.8 Å². The van der Waals surface area contributed by atoms with Crippen LogP contribution in [-0.2, 0) is 42.5 Å². The fraction of sp³-hybridized carbons (Fsp3) is 0.364. The molecule has 0 aliphatic carbocycles. The molecule has 2 rings (SSSR count). The van der Waals surface area contributed by atoms with Crippen LogP contribution in [0.4, 0.5) is 0 Å². The van der Waals surface area contributed by atoms with Crippen molar-refractivity contribution in [2.24, 2.45) is 10.3 Å². The van der Waals surface area contributed by atoms with E-state index in [1.807, 2.05) is 0 Å². The second kappa shape index (κ2) is 14.6. The molecule has 0 heterocycles. The maximum Gasteiger partial charge on any atom is 0.238 e. The smallest absolute Gasteiger partial charge is 0.238 e. The predicted molar refractivity (Wildman–Crippen MR) is 144 cm³/mol. The van der Waals surface area contributed by atoms with Crippen LogP contribution < -0.4 is 20.9 Å². The molecule has 2 aromatic rings. The fourth-order valence-electron chi connectivity index (χ4n) is 2.93. The Morgan fingerprint density at radius 1 is 0.639 bits per heavy atom. The van der Waals surface area contributed by atoms with Crippen LogP contribution in [-0.4, -0.2) is 64.8 Å². The quantitative estimate of drug-likeness (QED) is 0.222.